The lowest BCUT2D eigenvalue weighted by atomic mass is 9.71. The monoisotopic (exact) mass is 536 g/mol. The van der Waals surface area contributed by atoms with Crippen molar-refractivity contribution < 1.29 is 18.7 Å². The maximum absolute atomic E-state index is 15.7. The van der Waals surface area contributed by atoms with E-state index in [-0.39, 0.29) is 22.9 Å². The second-order valence-electron chi connectivity index (χ2n) is 9.63. The molecule has 1 amide bonds. The van der Waals surface area contributed by atoms with Crippen LogP contribution in [0.1, 0.15) is 39.1 Å². The number of carbonyl (C=O) groups excluding carboxylic acids is 2. The third kappa shape index (κ3) is 2.94. The van der Waals surface area contributed by atoms with Gasteiger partial charge in [0.25, 0.3) is 0 Å². The summed E-state index contributed by atoms with van der Waals surface area (Å²) < 4.78 is 22.6. The standard InChI is InChI=1S/C27H19Cl2FN4O3/c1-37-25(35)12-5-8-17-20(9-12)34-11-19-21(24(34)31-17)22(14-3-2-4-16(29)23(14)30)27(33-19)15-7-6-13(28)10-18(15)32-26(27)36/h2-10,19,21-22,33H,11H2,1H3,(H,32,36)/t19-,21+,22-,27+/m0/s1. The zero-order valence-corrected chi connectivity index (χ0v) is 20.9. The highest BCUT2D eigenvalue weighted by atomic mass is 35.5. The summed E-state index contributed by atoms with van der Waals surface area (Å²) in [6.45, 7) is 0.484. The molecule has 1 aromatic heterocycles. The van der Waals surface area contributed by atoms with Gasteiger partial charge in [0.05, 0.1) is 28.7 Å². The molecule has 0 aliphatic carbocycles. The van der Waals surface area contributed by atoms with E-state index in [9.17, 15) is 9.59 Å². The summed E-state index contributed by atoms with van der Waals surface area (Å²) in [5.74, 6) is -1.57. The third-order valence-corrected chi connectivity index (χ3v) is 8.40. The van der Waals surface area contributed by atoms with Gasteiger partial charge in [-0.2, -0.15) is 0 Å². The van der Waals surface area contributed by atoms with Crippen LogP contribution in [0.4, 0.5) is 10.1 Å². The molecule has 0 saturated carbocycles. The first kappa shape index (κ1) is 22.7. The molecule has 10 heteroatoms. The lowest BCUT2D eigenvalue weighted by Gasteiger charge is -2.32. The van der Waals surface area contributed by atoms with E-state index in [1.54, 1.807) is 42.5 Å². The molecule has 1 saturated heterocycles. The summed E-state index contributed by atoms with van der Waals surface area (Å²) >= 11 is 12.5. The van der Waals surface area contributed by atoms with Gasteiger partial charge < -0.3 is 14.6 Å². The quantitative estimate of drug-likeness (QED) is 0.353. The number of aromatic nitrogens is 2. The minimum atomic E-state index is -1.25. The van der Waals surface area contributed by atoms with Gasteiger partial charge in [0, 0.05) is 40.7 Å². The van der Waals surface area contributed by atoms with Crippen LogP contribution in [-0.4, -0.2) is 34.6 Å². The van der Waals surface area contributed by atoms with Crippen LogP contribution in [0, 0.1) is 5.82 Å². The van der Waals surface area contributed by atoms with Crippen molar-refractivity contribution in [2.45, 2.75) is 30.0 Å². The van der Waals surface area contributed by atoms with E-state index in [2.05, 4.69) is 10.6 Å². The number of benzene rings is 3. The first-order valence-corrected chi connectivity index (χ1v) is 12.5. The van der Waals surface area contributed by atoms with Crippen LogP contribution in [-0.2, 0) is 21.6 Å². The van der Waals surface area contributed by atoms with E-state index in [1.165, 1.54) is 13.2 Å². The molecule has 7 rings (SSSR count). The van der Waals surface area contributed by atoms with Crippen molar-refractivity contribution in [3.8, 4) is 0 Å². The molecule has 3 aromatic carbocycles. The van der Waals surface area contributed by atoms with Crippen LogP contribution in [0.2, 0.25) is 10.0 Å². The number of anilines is 1. The Kier molecular flexibility index (Phi) is 4.77. The van der Waals surface area contributed by atoms with Crippen LogP contribution in [0.5, 0.6) is 0 Å². The minimum Gasteiger partial charge on any atom is -0.465 e. The van der Waals surface area contributed by atoms with Crippen LogP contribution in [0.25, 0.3) is 11.0 Å². The van der Waals surface area contributed by atoms with Gasteiger partial charge >= 0.3 is 5.97 Å². The average molecular weight is 537 g/mol. The zero-order chi connectivity index (χ0) is 25.6. The second kappa shape index (κ2) is 7.77. The number of halogens is 3. The number of rotatable bonds is 2. The van der Waals surface area contributed by atoms with Crippen molar-refractivity contribution in [2.24, 2.45) is 0 Å². The Hall–Kier alpha value is -3.46. The molecule has 4 heterocycles. The number of esters is 1. The van der Waals surface area contributed by atoms with Gasteiger partial charge in [-0.25, -0.2) is 14.2 Å². The maximum Gasteiger partial charge on any atom is 0.337 e. The summed E-state index contributed by atoms with van der Waals surface area (Å²) in [7, 11) is 1.34. The normalized spacial score (nSPS) is 25.3. The largest absolute Gasteiger partial charge is 0.465 e. The molecule has 0 bridgehead atoms. The van der Waals surface area contributed by atoms with Crippen molar-refractivity contribution >= 4 is 51.8 Å². The average Bonchev–Trinajstić information content (AvgIpc) is 3.58. The molecule has 4 atom stereocenters. The summed E-state index contributed by atoms with van der Waals surface area (Å²) in [6, 6.07) is 15.1. The highest BCUT2D eigenvalue weighted by Crippen LogP contribution is 2.59. The van der Waals surface area contributed by atoms with Crippen LogP contribution in [0.15, 0.2) is 54.6 Å². The first-order chi connectivity index (χ1) is 17.8. The number of methoxy groups -OCH3 is 1. The van der Waals surface area contributed by atoms with Crippen molar-refractivity contribution in [1.82, 2.24) is 14.9 Å². The molecule has 1 spiro atoms. The smallest absolute Gasteiger partial charge is 0.337 e. The second-order valence-corrected chi connectivity index (χ2v) is 10.5. The Bertz CT molecular complexity index is 1670. The van der Waals surface area contributed by atoms with Gasteiger partial charge in [0.15, 0.2) is 0 Å². The van der Waals surface area contributed by atoms with Gasteiger partial charge in [0.1, 0.15) is 17.2 Å². The van der Waals surface area contributed by atoms with Crippen LogP contribution < -0.4 is 10.6 Å². The highest BCUT2D eigenvalue weighted by Gasteiger charge is 2.65. The topological polar surface area (TPSA) is 85.2 Å². The molecular formula is C27H19Cl2FN4O3. The van der Waals surface area contributed by atoms with Crippen LogP contribution >= 0.6 is 23.2 Å². The molecular weight excluding hydrogens is 518 g/mol. The zero-order valence-electron chi connectivity index (χ0n) is 19.4. The number of ether oxygens (including phenoxy) is 1. The molecule has 0 radical (unpaired) electrons. The fourth-order valence-electron chi connectivity index (χ4n) is 6.44. The number of nitrogens with zero attached hydrogens (tertiary/aromatic N) is 2. The lowest BCUT2D eigenvalue weighted by molar-refractivity contribution is -0.122. The van der Waals surface area contributed by atoms with Crippen LogP contribution in [0.3, 0.4) is 0 Å². The third-order valence-electron chi connectivity index (χ3n) is 7.88. The van der Waals surface area contributed by atoms with Gasteiger partial charge in [-0.05, 0) is 42.0 Å². The number of fused-ring (bicyclic) bond motifs is 7. The summed E-state index contributed by atoms with van der Waals surface area (Å²) in [5.41, 5.74) is 2.28. The fraction of sp³-hybridized carbons (Fsp3) is 0.222. The maximum atomic E-state index is 15.7. The molecule has 3 aliphatic heterocycles. The number of nitrogens with one attached hydrogen (secondary N) is 2. The van der Waals surface area contributed by atoms with Gasteiger partial charge in [0.2, 0.25) is 5.91 Å². The molecule has 1 fully saturated rings. The number of amides is 1. The van der Waals surface area contributed by atoms with E-state index >= 15 is 4.39 Å². The van der Waals surface area contributed by atoms with Gasteiger partial charge in [-0.15, -0.1) is 0 Å². The Morgan fingerprint density at radius 2 is 2.03 bits per heavy atom. The Morgan fingerprint density at radius 1 is 1.19 bits per heavy atom. The van der Waals surface area contributed by atoms with E-state index in [0.29, 0.717) is 45.3 Å². The summed E-state index contributed by atoms with van der Waals surface area (Å²) in [4.78, 5) is 30.8. The van der Waals surface area contributed by atoms with E-state index in [0.717, 1.165) is 5.52 Å². The molecule has 3 aliphatic rings. The Morgan fingerprint density at radius 3 is 2.84 bits per heavy atom. The number of hydrogen-bond donors (Lipinski definition) is 2. The molecule has 37 heavy (non-hydrogen) atoms. The van der Waals surface area contributed by atoms with Crippen molar-refractivity contribution in [3.63, 3.8) is 0 Å². The molecule has 0 unspecified atom stereocenters. The molecule has 7 nitrogen and oxygen atoms in total. The molecule has 2 N–H and O–H groups in total. The Labute approximate surface area is 220 Å². The highest BCUT2D eigenvalue weighted by molar-refractivity contribution is 6.31. The van der Waals surface area contributed by atoms with E-state index in [4.69, 9.17) is 32.9 Å². The van der Waals surface area contributed by atoms with Gasteiger partial charge in [-0.3, -0.25) is 10.1 Å². The predicted octanol–water partition coefficient (Wildman–Crippen LogP) is 4.97. The van der Waals surface area contributed by atoms with Crippen molar-refractivity contribution in [3.05, 3.63) is 93.0 Å². The van der Waals surface area contributed by atoms with Crippen molar-refractivity contribution in [1.29, 1.82) is 0 Å². The first-order valence-electron chi connectivity index (χ1n) is 11.7. The number of imidazole rings is 1. The number of carbonyl (C=O) groups is 2. The minimum absolute atomic E-state index is 0.0138. The van der Waals surface area contributed by atoms with E-state index in [1.807, 2.05) is 10.6 Å². The van der Waals surface area contributed by atoms with E-state index < -0.39 is 23.2 Å². The number of hydrogen-bond acceptors (Lipinski definition) is 5. The molecule has 4 aromatic rings. The SMILES string of the molecule is COC(=O)c1ccc2nc3n(c2c1)C[C@@H]1N[C@@]2(C(=O)Nc4cc(Cl)ccc42)[C@@H](c2cccc(Cl)c2F)[C@H]31. The summed E-state index contributed by atoms with van der Waals surface area (Å²) in [5, 5.41) is 7.00. The lowest BCUT2D eigenvalue weighted by Crippen LogP contribution is -2.49. The van der Waals surface area contributed by atoms with Crippen molar-refractivity contribution in [2.75, 3.05) is 12.4 Å². The summed E-state index contributed by atoms with van der Waals surface area (Å²) in [6.07, 6.45) is 0. The van der Waals surface area contributed by atoms with Gasteiger partial charge in [-0.1, -0.05) is 41.4 Å². The predicted molar refractivity (Wildman–Crippen MR) is 137 cm³/mol. The fourth-order valence-corrected chi connectivity index (χ4v) is 6.79. The Balaban J connectivity index is 1.47. The molecule has 186 valence electrons.